The van der Waals surface area contributed by atoms with E-state index >= 15 is 0 Å². The van der Waals surface area contributed by atoms with E-state index in [1.165, 1.54) is 5.56 Å². The van der Waals surface area contributed by atoms with Crippen LogP contribution >= 0.6 is 0 Å². The Morgan fingerprint density at radius 2 is 1.74 bits per heavy atom. The van der Waals surface area contributed by atoms with Crippen molar-refractivity contribution in [2.24, 2.45) is 0 Å². The maximum Gasteiger partial charge on any atom is 0.127 e. The number of hydrogen-bond donors (Lipinski definition) is 1. The topological polar surface area (TPSA) is 29.5 Å². The number of fused-ring (bicyclic) bond motifs is 1. The Bertz CT molecular complexity index is 759. The van der Waals surface area contributed by atoms with Gasteiger partial charge in [-0.2, -0.15) is 0 Å². The summed E-state index contributed by atoms with van der Waals surface area (Å²) in [6, 6.07) is 10.3. The van der Waals surface area contributed by atoms with E-state index in [0.717, 1.165) is 40.8 Å². The van der Waals surface area contributed by atoms with Crippen LogP contribution in [0.25, 0.3) is 6.08 Å². The van der Waals surface area contributed by atoms with Crippen LogP contribution in [0.15, 0.2) is 36.4 Å². The molecule has 0 aliphatic carbocycles. The van der Waals surface area contributed by atoms with E-state index in [0.29, 0.717) is 5.75 Å². The standard InChI is InChI=1S/C21H24O2/c1-14-15(2)20-18(16(3)19(14)22)11-13-21(4,23-20)12-10-17-8-6-5-7-9-17/h5-10,12,22H,11,13H2,1-4H3. The number of phenols is 1. The van der Waals surface area contributed by atoms with Crippen molar-refractivity contribution in [1.82, 2.24) is 0 Å². The highest BCUT2D eigenvalue weighted by molar-refractivity contribution is 5.59. The molecule has 3 rings (SSSR count). The van der Waals surface area contributed by atoms with E-state index < -0.39 is 0 Å². The summed E-state index contributed by atoms with van der Waals surface area (Å²) >= 11 is 0. The predicted octanol–water partition coefficient (Wildman–Crippen LogP) is 5.11. The van der Waals surface area contributed by atoms with E-state index in [1.807, 2.05) is 39.0 Å². The monoisotopic (exact) mass is 308 g/mol. The molecule has 2 nitrogen and oxygen atoms in total. The van der Waals surface area contributed by atoms with Crippen molar-refractivity contribution in [2.45, 2.75) is 46.1 Å². The van der Waals surface area contributed by atoms with E-state index in [1.54, 1.807) is 0 Å². The first-order valence-electron chi connectivity index (χ1n) is 8.16. The maximum atomic E-state index is 10.3. The second-order valence-electron chi connectivity index (χ2n) is 6.69. The third-order valence-electron chi connectivity index (χ3n) is 4.97. The molecule has 1 atom stereocenters. The van der Waals surface area contributed by atoms with Crippen LogP contribution in [0.1, 0.15) is 41.2 Å². The molecule has 2 aromatic rings. The largest absolute Gasteiger partial charge is 0.507 e. The molecule has 0 saturated carbocycles. The molecule has 1 aliphatic rings. The highest BCUT2D eigenvalue weighted by atomic mass is 16.5. The zero-order valence-electron chi connectivity index (χ0n) is 14.3. The second-order valence-corrected chi connectivity index (χ2v) is 6.69. The van der Waals surface area contributed by atoms with Crippen molar-refractivity contribution >= 4 is 6.08 Å². The zero-order chi connectivity index (χ0) is 16.6. The summed E-state index contributed by atoms with van der Waals surface area (Å²) in [6.07, 6.45) is 6.11. The Hall–Kier alpha value is -2.22. The summed E-state index contributed by atoms with van der Waals surface area (Å²) in [5.74, 6) is 1.36. The first-order chi connectivity index (χ1) is 10.9. The van der Waals surface area contributed by atoms with Crippen LogP contribution in [0, 0.1) is 20.8 Å². The number of benzene rings is 2. The minimum atomic E-state index is -0.316. The molecular formula is C21H24O2. The lowest BCUT2D eigenvalue weighted by Gasteiger charge is -2.36. The van der Waals surface area contributed by atoms with Gasteiger partial charge in [0.15, 0.2) is 0 Å². The first kappa shape index (κ1) is 15.7. The van der Waals surface area contributed by atoms with Crippen molar-refractivity contribution in [3.63, 3.8) is 0 Å². The van der Waals surface area contributed by atoms with Crippen LogP contribution in [-0.2, 0) is 6.42 Å². The van der Waals surface area contributed by atoms with Gasteiger partial charge >= 0.3 is 0 Å². The van der Waals surface area contributed by atoms with Crippen LogP contribution in [0.2, 0.25) is 0 Å². The average Bonchev–Trinajstić information content (AvgIpc) is 2.57. The van der Waals surface area contributed by atoms with Crippen LogP contribution in [0.4, 0.5) is 0 Å². The number of rotatable bonds is 2. The third kappa shape index (κ3) is 2.86. The molecule has 0 aromatic heterocycles. The van der Waals surface area contributed by atoms with Crippen LogP contribution in [0.5, 0.6) is 11.5 Å². The van der Waals surface area contributed by atoms with Crippen molar-refractivity contribution in [3.8, 4) is 11.5 Å². The van der Waals surface area contributed by atoms with Gasteiger partial charge in [0.1, 0.15) is 17.1 Å². The second kappa shape index (κ2) is 5.77. The third-order valence-corrected chi connectivity index (χ3v) is 4.97. The number of ether oxygens (including phenoxy) is 1. The first-order valence-corrected chi connectivity index (χ1v) is 8.16. The quantitative estimate of drug-likeness (QED) is 0.835. The minimum Gasteiger partial charge on any atom is -0.507 e. The van der Waals surface area contributed by atoms with Gasteiger partial charge in [0, 0.05) is 5.56 Å². The van der Waals surface area contributed by atoms with E-state index in [9.17, 15) is 5.11 Å². The Morgan fingerprint density at radius 1 is 1.04 bits per heavy atom. The lowest BCUT2D eigenvalue weighted by Crippen LogP contribution is -2.34. The lowest BCUT2D eigenvalue weighted by molar-refractivity contribution is 0.113. The molecule has 1 aliphatic heterocycles. The SMILES string of the molecule is Cc1c(C)c2c(c(C)c1O)CCC(C)(C=Cc1ccccc1)O2. The predicted molar refractivity (Wildman–Crippen MR) is 95.1 cm³/mol. The normalized spacial score (nSPS) is 20.3. The van der Waals surface area contributed by atoms with Gasteiger partial charge in [-0.25, -0.2) is 0 Å². The van der Waals surface area contributed by atoms with Crippen LogP contribution < -0.4 is 4.74 Å². The fourth-order valence-corrected chi connectivity index (χ4v) is 3.22. The number of aromatic hydroxyl groups is 1. The number of hydrogen-bond acceptors (Lipinski definition) is 2. The molecule has 0 fully saturated rings. The molecule has 0 radical (unpaired) electrons. The van der Waals surface area contributed by atoms with Gasteiger partial charge < -0.3 is 9.84 Å². The molecule has 0 spiro atoms. The van der Waals surface area contributed by atoms with E-state index in [2.05, 4.69) is 31.2 Å². The molecule has 2 heteroatoms. The molecule has 0 saturated heterocycles. The fraction of sp³-hybridized carbons (Fsp3) is 0.333. The van der Waals surface area contributed by atoms with Gasteiger partial charge in [-0.3, -0.25) is 0 Å². The van der Waals surface area contributed by atoms with Crippen LogP contribution in [0.3, 0.4) is 0 Å². The van der Waals surface area contributed by atoms with Gasteiger partial charge in [-0.15, -0.1) is 0 Å². The molecule has 0 amide bonds. The van der Waals surface area contributed by atoms with Crippen molar-refractivity contribution in [2.75, 3.05) is 0 Å². The summed E-state index contributed by atoms with van der Waals surface area (Å²) in [6.45, 7) is 8.09. The van der Waals surface area contributed by atoms with Gasteiger partial charge in [0.25, 0.3) is 0 Å². The Morgan fingerprint density at radius 3 is 2.43 bits per heavy atom. The summed E-state index contributed by atoms with van der Waals surface area (Å²) in [5.41, 5.74) is 4.93. The van der Waals surface area contributed by atoms with E-state index in [4.69, 9.17) is 4.74 Å². The van der Waals surface area contributed by atoms with Crippen LogP contribution in [-0.4, -0.2) is 10.7 Å². The Kier molecular flexibility index (Phi) is 3.93. The summed E-state index contributed by atoms with van der Waals surface area (Å²) in [7, 11) is 0. The molecule has 0 bridgehead atoms. The van der Waals surface area contributed by atoms with Gasteiger partial charge in [0.2, 0.25) is 0 Å². The highest BCUT2D eigenvalue weighted by Gasteiger charge is 2.32. The minimum absolute atomic E-state index is 0.316. The summed E-state index contributed by atoms with van der Waals surface area (Å²) < 4.78 is 6.39. The Balaban J connectivity index is 1.95. The molecule has 1 unspecified atom stereocenters. The molecule has 23 heavy (non-hydrogen) atoms. The van der Waals surface area contributed by atoms with Gasteiger partial charge in [-0.05, 0) is 68.9 Å². The summed E-state index contributed by atoms with van der Waals surface area (Å²) in [4.78, 5) is 0. The molecule has 1 N–H and O–H groups in total. The van der Waals surface area contributed by atoms with Crippen molar-refractivity contribution < 1.29 is 9.84 Å². The Labute approximate surface area is 138 Å². The van der Waals surface area contributed by atoms with E-state index in [-0.39, 0.29) is 5.60 Å². The lowest BCUT2D eigenvalue weighted by atomic mass is 9.87. The van der Waals surface area contributed by atoms with Gasteiger partial charge in [-0.1, -0.05) is 36.4 Å². The maximum absolute atomic E-state index is 10.3. The highest BCUT2D eigenvalue weighted by Crippen LogP contribution is 2.43. The zero-order valence-corrected chi connectivity index (χ0v) is 14.3. The molecule has 1 heterocycles. The van der Waals surface area contributed by atoms with Crippen molar-refractivity contribution in [1.29, 1.82) is 0 Å². The van der Waals surface area contributed by atoms with Crippen molar-refractivity contribution in [3.05, 3.63) is 64.2 Å². The fourth-order valence-electron chi connectivity index (χ4n) is 3.22. The smallest absolute Gasteiger partial charge is 0.127 e. The molecular weight excluding hydrogens is 284 g/mol. The average molecular weight is 308 g/mol. The number of phenolic OH excluding ortho intramolecular Hbond substituents is 1. The molecule has 2 aromatic carbocycles. The molecule has 120 valence electrons. The summed E-state index contributed by atoms with van der Waals surface area (Å²) in [5, 5.41) is 10.3. The van der Waals surface area contributed by atoms with Gasteiger partial charge in [0.05, 0.1) is 0 Å².